The molecule has 1 aromatic rings. The molecule has 0 radical (unpaired) electrons. The van der Waals surface area contributed by atoms with Crippen molar-refractivity contribution in [3.8, 4) is 11.5 Å². The molecule has 0 aromatic heterocycles. The van der Waals surface area contributed by atoms with Gasteiger partial charge in [-0.1, -0.05) is 6.07 Å². The highest BCUT2D eigenvalue weighted by Crippen LogP contribution is 2.25. The third-order valence-electron chi connectivity index (χ3n) is 3.79. The van der Waals surface area contributed by atoms with E-state index in [2.05, 4.69) is 23.9 Å². The molecule has 19 heavy (non-hydrogen) atoms. The summed E-state index contributed by atoms with van der Waals surface area (Å²) in [5.74, 6) is 1.76. The molecule has 0 bridgehead atoms. The minimum Gasteiger partial charge on any atom is -0.507 e. The highest BCUT2D eigenvalue weighted by molar-refractivity contribution is 5.39. The van der Waals surface area contributed by atoms with Crippen molar-refractivity contribution in [1.29, 1.82) is 0 Å². The van der Waals surface area contributed by atoms with Crippen LogP contribution in [0.5, 0.6) is 11.5 Å². The molecular weight excluding hydrogens is 240 g/mol. The van der Waals surface area contributed by atoms with E-state index in [0.29, 0.717) is 11.5 Å². The second kappa shape index (κ2) is 6.26. The molecule has 4 nitrogen and oxygen atoms in total. The van der Waals surface area contributed by atoms with Gasteiger partial charge in [0, 0.05) is 31.3 Å². The second-order valence-electron chi connectivity index (χ2n) is 5.61. The van der Waals surface area contributed by atoms with Crippen LogP contribution in [0.2, 0.25) is 0 Å². The highest BCUT2D eigenvalue weighted by atomic mass is 16.5. The fraction of sp³-hybridized carbons (Fsp3) is 0.600. The van der Waals surface area contributed by atoms with E-state index >= 15 is 0 Å². The van der Waals surface area contributed by atoms with E-state index in [1.54, 1.807) is 13.2 Å². The highest BCUT2D eigenvalue weighted by Gasteiger charge is 2.20. The average molecular weight is 264 g/mol. The number of likely N-dealkylation sites (tertiary alicyclic amines) is 1. The lowest BCUT2D eigenvalue weighted by molar-refractivity contribution is 0.264. The van der Waals surface area contributed by atoms with Gasteiger partial charge in [-0.25, -0.2) is 0 Å². The van der Waals surface area contributed by atoms with E-state index in [1.165, 1.54) is 19.5 Å². The maximum Gasteiger partial charge on any atom is 0.123 e. The van der Waals surface area contributed by atoms with Crippen molar-refractivity contribution in [2.24, 2.45) is 5.92 Å². The van der Waals surface area contributed by atoms with Crippen LogP contribution in [0, 0.1) is 5.92 Å². The molecule has 1 aliphatic heterocycles. The van der Waals surface area contributed by atoms with Crippen molar-refractivity contribution >= 4 is 0 Å². The Kier molecular flexibility index (Phi) is 4.66. The van der Waals surface area contributed by atoms with E-state index < -0.39 is 0 Å². The van der Waals surface area contributed by atoms with Gasteiger partial charge in [0.1, 0.15) is 11.5 Å². The first-order valence-corrected chi connectivity index (χ1v) is 6.81. The number of phenolic OH excluding ortho intramolecular Hbond substituents is 1. The number of aromatic hydroxyl groups is 1. The molecule has 106 valence electrons. The van der Waals surface area contributed by atoms with E-state index in [9.17, 15) is 5.11 Å². The SMILES string of the molecule is COc1ccc(CN(C)CC2CCN(C)C2)c(O)c1. The third kappa shape index (κ3) is 3.85. The van der Waals surface area contributed by atoms with Crippen molar-refractivity contribution in [3.63, 3.8) is 0 Å². The first-order chi connectivity index (χ1) is 9.08. The summed E-state index contributed by atoms with van der Waals surface area (Å²) < 4.78 is 5.10. The normalized spacial score (nSPS) is 20.1. The summed E-state index contributed by atoms with van der Waals surface area (Å²) in [5, 5.41) is 9.96. The first-order valence-electron chi connectivity index (χ1n) is 6.81. The first kappa shape index (κ1) is 14.2. The predicted molar refractivity (Wildman–Crippen MR) is 76.6 cm³/mol. The molecule has 1 unspecified atom stereocenters. The molecule has 1 atom stereocenters. The Hall–Kier alpha value is -1.26. The summed E-state index contributed by atoms with van der Waals surface area (Å²) in [4.78, 5) is 4.66. The van der Waals surface area contributed by atoms with Gasteiger partial charge in [0.25, 0.3) is 0 Å². The number of phenols is 1. The fourth-order valence-corrected chi connectivity index (χ4v) is 2.78. The lowest BCUT2D eigenvalue weighted by Crippen LogP contribution is -2.27. The van der Waals surface area contributed by atoms with Gasteiger partial charge in [-0.05, 0) is 39.0 Å². The molecular formula is C15H24N2O2. The molecule has 1 aliphatic rings. The second-order valence-corrected chi connectivity index (χ2v) is 5.61. The van der Waals surface area contributed by atoms with Gasteiger partial charge in [0.15, 0.2) is 0 Å². The molecule has 1 aromatic carbocycles. The summed E-state index contributed by atoms with van der Waals surface area (Å²) in [6.45, 7) is 4.23. The topological polar surface area (TPSA) is 35.9 Å². The molecule has 0 amide bonds. The molecule has 1 N–H and O–H groups in total. The smallest absolute Gasteiger partial charge is 0.123 e. The Morgan fingerprint density at radius 3 is 2.84 bits per heavy atom. The third-order valence-corrected chi connectivity index (χ3v) is 3.79. The van der Waals surface area contributed by atoms with Crippen LogP contribution >= 0.6 is 0 Å². The molecule has 0 spiro atoms. The van der Waals surface area contributed by atoms with E-state index in [1.807, 2.05) is 12.1 Å². The van der Waals surface area contributed by atoms with Crippen molar-refractivity contribution in [3.05, 3.63) is 23.8 Å². The van der Waals surface area contributed by atoms with Crippen LogP contribution in [0.1, 0.15) is 12.0 Å². The maximum atomic E-state index is 9.96. The van der Waals surface area contributed by atoms with Gasteiger partial charge < -0.3 is 19.6 Å². The molecule has 1 saturated heterocycles. The molecule has 4 heteroatoms. The van der Waals surface area contributed by atoms with Crippen LogP contribution in [0.3, 0.4) is 0 Å². The van der Waals surface area contributed by atoms with Crippen LogP contribution in [-0.4, -0.2) is 55.7 Å². The number of rotatable bonds is 5. The van der Waals surface area contributed by atoms with E-state index in [0.717, 1.165) is 24.6 Å². The van der Waals surface area contributed by atoms with Crippen LogP contribution in [0.15, 0.2) is 18.2 Å². The van der Waals surface area contributed by atoms with Crippen molar-refractivity contribution in [2.75, 3.05) is 40.8 Å². The van der Waals surface area contributed by atoms with Gasteiger partial charge in [0.2, 0.25) is 0 Å². The summed E-state index contributed by atoms with van der Waals surface area (Å²) >= 11 is 0. The van der Waals surface area contributed by atoms with Gasteiger partial charge in [-0.3, -0.25) is 0 Å². The van der Waals surface area contributed by atoms with Crippen LogP contribution in [0.4, 0.5) is 0 Å². The zero-order valence-electron chi connectivity index (χ0n) is 12.1. The zero-order chi connectivity index (χ0) is 13.8. The summed E-state index contributed by atoms with van der Waals surface area (Å²) in [6.07, 6.45) is 1.27. The van der Waals surface area contributed by atoms with Gasteiger partial charge in [-0.2, -0.15) is 0 Å². The van der Waals surface area contributed by atoms with E-state index in [4.69, 9.17) is 4.74 Å². The lowest BCUT2D eigenvalue weighted by Gasteiger charge is -2.21. The Morgan fingerprint density at radius 2 is 2.26 bits per heavy atom. The number of ether oxygens (including phenoxy) is 1. The minimum atomic E-state index is 0.315. The van der Waals surface area contributed by atoms with Crippen molar-refractivity contribution in [2.45, 2.75) is 13.0 Å². The van der Waals surface area contributed by atoms with Gasteiger partial charge >= 0.3 is 0 Å². The van der Waals surface area contributed by atoms with Crippen molar-refractivity contribution in [1.82, 2.24) is 9.80 Å². The van der Waals surface area contributed by atoms with Gasteiger partial charge in [-0.15, -0.1) is 0 Å². The molecule has 1 fully saturated rings. The van der Waals surface area contributed by atoms with E-state index in [-0.39, 0.29) is 0 Å². The van der Waals surface area contributed by atoms with Gasteiger partial charge in [0.05, 0.1) is 7.11 Å². The number of nitrogens with zero attached hydrogens (tertiary/aromatic N) is 2. The number of hydrogen-bond donors (Lipinski definition) is 1. The average Bonchev–Trinajstić information content (AvgIpc) is 2.77. The summed E-state index contributed by atoms with van der Waals surface area (Å²) in [5.41, 5.74) is 0.953. The molecule has 0 aliphatic carbocycles. The monoisotopic (exact) mass is 264 g/mol. The molecule has 1 heterocycles. The van der Waals surface area contributed by atoms with Crippen LogP contribution in [0.25, 0.3) is 0 Å². The standard InChI is InChI=1S/C15H24N2O2/c1-16-7-6-12(9-16)10-17(2)11-13-4-5-14(19-3)8-15(13)18/h4-5,8,12,18H,6-7,9-11H2,1-3H3. The predicted octanol–water partition coefficient (Wildman–Crippen LogP) is 1.78. The number of methoxy groups -OCH3 is 1. The Bertz CT molecular complexity index is 423. The Balaban J connectivity index is 1.89. The van der Waals surface area contributed by atoms with Crippen LogP contribution < -0.4 is 4.74 Å². The van der Waals surface area contributed by atoms with Crippen LogP contribution in [-0.2, 0) is 6.54 Å². The molecule has 2 rings (SSSR count). The largest absolute Gasteiger partial charge is 0.507 e. The quantitative estimate of drug-likeness (QED) is 0.879. The Morgan fingerprint density at radius 1 is 1.47 bits per heavy atom. The molecule has 0 saturated carbocycles. The lowest BCUT2D eigenvalue weighted by atomic mass is 10.1. The minimum absolute atomic E-state index is 0.315. The number of hydrogen-bond acceptors (Lipinski definition) is 4. The fourth-order valence-electron chi connectivity index (χ4n) is 2.78. The maximum absolute atomic E-state index is 9.96. The zero-order valence-corrected chi connectivity index (χ0v) is 12.1. The summed E-state index contributed by atoms with van der Waals surface area (Å²) in [6, 6.07) is 5.50. The Labute approximate surface area is 115 Å². The summed E-state index contributed by atoms with van der Waals surface area (Å²) in [7, 11) is 5.90. The van der Waals surface area contributed by atoms with Crippen molar-refractivity contribution < 1.29 is 9.84 Å². The number of benzene rings is 1.